The molecule has 32 heavy (non-hydrogen) atoms. The number of halogens is 2. The minimum Gasteiger partial charge on any atom is -0.493 e. The number of hydrogen-bond donors (Lipinski definition) is 0. The normalized spacial score (nSPS) is 15.8. The third-order valence-corrected chi connectivity index (χ3v) is 5.68. The van der Waals surface area contributed by atoms with E-state index in [4.69, 9.17) is 9.47 Å². The first-order valence-corrected chi connectivity index (χ1v) is 10.2. The lowest BCUT2D eigenvalue weighted by Crippen LogP contribution is -2.46. The Morgan fingerprint density at radius 3 is 2.38 bits per heavy atom. The lowest BCUT2D eigenvalue weighted by molar-refractivity contribution is 0.120. The van der Waals surface area contributed by atoms with Gasteiger partial charge >= 0.3 is 0 Å². The van der Waals surface area contributed by atoms with E-state index in [-0.39, 0.29) is 24.3 Å². The predicted molar refractivity (Wildman–Crippen MR) is 121 cm³/mol. The van der Waals surface area contributed by atoms with Crippen LogP contribution in [0.5, 0.6) is 11.5 Å². The van der Waals surface area contributed by atoms with Crippen molar-refractivity contribution in [3.05, 3.63) is 65.2 Å². The Kier molecular flexibility index (Phi) is 8.00. The molecular formula is C22H28ClFN6O2. The molecule has 0 bridgehead atoms. The SMILES string of the molecule is COc1cccc(C(c2nnnn2Cc2ccc(F)cc2)N2CCN(C)CC2)c1OC.Cl. The summed E-state index contributed by atoms with van der Waals surface area (Å²) in [7, 11) is 5.39. The van der Waals surface area contributed by atoms with Gasteiger partial charge in [-0.15, -0.1) is 17.5 Å². The van der Waals surface area contributed by atoms with Crippen LogP contribution in [0.25, 0.3) is 0 Å². The number of benzene rings is 2. The molecular weight excluding hydrogens is 435 g/mol. The molecule has 1 unspecified atom stereocenters. The van der Waals surface area contributed by atoms with Crippen molar-refractivity contribution in [2.24, 2.45) is 0 Å². The van der Waals surface area contributed by atoms with Gasteiger partial charge in [-0.2, -0.15) is 0 Å². The number of rotatable bonds is 7. The van der Waals surface area contributed by atoms with E-state index in [0.29, 0.717) is 23.9 Å². The minimum atomic E-state index is -0.267. The smallest absolute Gasteiger partial charge is 0.173 e. The van der Waals surface area contributed by atoms with Crippen molar-refractivity contribution in [3.8, 4) is 11.5 Å². The molecule has 1 aliphatic rings. The highest BCUT2D eigenvalue weighted by molar-refractivity contribution is 5.85. The van der Waals surface area contributed by atoms with E-state index in [1.807, 2.05) is 18.2 Å². The molecule has 1 fully saturated rings. The summed E-state index contributed by atoms with van der Waals surface area (Å²) in [5.74, 6) is 1.78. The highest BCUT2D eigenvalue weighted by Gasteiger charge is 2.33. The molecule has 1 aromatic heterocycles. The van der Waals surface area contributed by atoms with E-state index < -0.39 is 0 Å². The highest BCUT2D eigenvalue weighted by Crippen LogP contribution is 2.39. The summed E-state index contributed by atoms with van der Waals surface area (Å²) in [5.41, 5.74) is 1.87. The third-order valence-electron chi connectivity index (χ3n) is 5.68. The molecule has 1 atom stereocenters. The number of aromatic nitrogens is 4. The van der Waals surface area contributed by atoms with Gasteiger partial charge in [0.2, 0.25) is 0 Å². The van der Waals surface area contributed by atoms with E-state index in [1.54, 1.807) is 31.0 Å². The molecule has 1 saturated heterocycles. The maximum atomic E-state index is 13.3. The van der Waals surface area contributed by atoms with Gasteiger partial charge in [0.15, 0.2) is 17.3 Å². The molecule has 3 aromatic rings. The molecule has 0 amide bonds. The standard InChI is InChI=1S/C22H27FN6O2.ClH/c1-27-11-13-28(14-12-27)20(18-5-4-6-19(30-2)21(18)31-3)22-24-25-26-29(22)15-16-7-9-17(23)10-8-16;/h4-10,20H,11-15H2,1-3H3;1H. The van der Waals surface area contributed by atoms with Crippen molar-refractivity contribution in [1.29, 1.82) is 0 Å². The monoisotopic (exact) mass is 462 g/mol. The van der Waals surface area contributed by atoms with Crippen LogP contribution in [-0.4, -0.2) is 77.5 Å². The topological polar surface area (TPSA) is 68.5 Å². The lowest BCUT2D eigenvalue weighted by atomic mass is 10.0. The summed E-state index contributed by atoms with van der Waals surface area (Å²) < 4.78 is 26.4. The number of tetrazole rings is 1. The first kappa shape index (κ1) is 23.9. The number of methoxy groups -OCH3 is 2. The summed E-state index contributed by atoms with van der Waals surface area (Å²) in [6.07, 6.45) is 0. The molecule has 0 N–H and O–H groups in total. The maximum absolute atomic E-state index is 13.3. The maximum Gasteiger partial charge on any atom is 0.173 e. The van der Waals surface area contributed by atoms with E-state index in [2.05, 4.69) is 32.4 Å². The van der Waals surface area contributed by atoms with Gasteiger partial charge in [-0.3, -0.25) is 4.90 Å². The molecule has 0 radical (unpaired) electrons. The van der Waals surface area contributed by atoms with Crippen molar-refractivity contribution >= 4 is 12.4 Å². The van der Waals surface area contributed by atoms with E-state index in [0.717, 1.165) is 37.3 Å². The number of piperazine rings is 1. The number of hydrogen-bond acceptors (Lipinski definition) is 7. The first-order valence-electron chi connectivity index (χ1n) is 10.2. The van der Waals surface area contributed by atoms with Gasteiger partial charge in [-0.25, -0.2) is 9.07 Å². The summed E-state index contributed by atoms with van der Waals surface area (Å²) in [6.45, 7) is 4.07. The van der Waals surface area contributed by atoms with Gasteiger partial charge in [-0.05, 0) is 41.2 Å². The molecule has 172 valence electrons. The first-order chi connectivity index (χ1) is 15.1. The quantitative estimate of drug-likeness (QED) is 0.534. The number of ether oxygens (including phenoxy) is 2. The second kappa shape index (κ2) is 10.7. The molecule has 0 saturated carbocycles. The Morgan fingerprint density at radius 2 is 1.72 bits per heavy atom. The highest BCUT2D eigenvalue weighted by atomic mass is 35.5. The van der Waals surface area contributed by atoms with Gasteiger partial charge in [0.25, 0.3) is 0 Å². The van der Waals surface area contributed by atoms with Crippen LogP contribution < -0.4 is 9.47 Å². The van der Waals surface area contributed by atoms with Crippen LogP contribution in [-0.2, 0) is 6.54 Å². The fraction of sp³-hybridized carbons (Fsp3) is 0.409. The average Bonchev–Trinajstić information content (AvgIpc) is 3.24. The number of likely N-dealkylation sites (N-methyl/N-ethyl adjacent to an activating group) is 1. The molecule has 4 rings (SSSR count). The average molecular weight is 463 g/mol. The lowest BCUT2D eigenvalue weighted by Gasteiger charge is -2.38. The fourth-order valence-electron chi connectivity index (χ4n) is 3.99. The van der Waals surface area contributed by atoms with Crippen molar-refractivity contribution in [1.82, 2.24) is 30.0 Å². The molecule has 0 aliphatic carbocycles. The van der Waals surface area contributed by atoms with E-state index in [1.165, 1.54) is 12.1 Å². The number of para-hydroxylation sites is 1. The third kappa shape index (κ3) is 5.01. The molecule has 2 aromatic carbocycles. The zero-order chi connectivity index (χ0) is 21.8. The van der Waals surface area contributed by atoms with Crippen molar-refractivity contribution in [2.45, 2.75) is 12.6 Å². The Hall–Kier alpha value is -2.75. The molecule has 8 nitrogen and oxygen atoms in total. The number of nitrogens with zero attached hydrogens (tertiary/aromatic N) is 6. The fourth-order valence-corrected chi connectivity index (χ4v) is 3.99. The largest absolute Gasteiger partial charge is 0.493 e. The van der Waals surface area contributed by atoms with Crippen LogP contribution in [0.3, 0.4) is 0 Å². The van der Waals surface area contributed by atoms with Crippen LogP contribution in [0.2, 0.25) is 0 Å². The van der Waals surface area contributed by atoms with Crippen LogP contribution in [0, 0.1) is 5.82 Å². The molecule has 0 spiro atoms. The van der Waals surface area contributed by atoms with Crippen LogP contribution in [0.4, 0.5) is 4.39 Å². The van der Waals surface area contributed by atoms with Crippen LogP contribution in [0.1, 0.15) is 23.0 Å². The van der Waals surface area contributed by atoms with Gasteiger partial charge in [-0.1, -0.05) is 24.3 Å². The second-order valence-corrected chi connectivity index (χ2v) is 7.65. The Labute approximate surface area is 193 Å². The van der Waals surface area contributed by atoms with E-state index in [9.17, 15) is 4.39 Å². The van der Waals surface area contributed by atoms with Gasteiger partial charge < -0.3 is 14.4 Å². The molecule has 10 heteroatoms. The van der Waals surface area contributed by atoms with Crippen molar-refractivity contribution in [2.75, 3.05) is 47.4 Å². The summed E-state index contributed by atoms with van der Waals surface area (Å²) in [5, 5.41) is 12.6. The Balaban J connectivity index is 0.00000289. The Bertz CT molecular complexity index is 1010. The molecule has 2 heterocycles. The minimum absolute atomic E-state index is 0. The predicted octanol–water partition coefficient (Wildman–Crippen LogP) is 2.64. The van der Waals surface area contributed by atoms with Crippen LogP contribution in [0.15, 0.2) is 42.5 Å². The molecule has 1 aliphatic heterocycles. The summed E-state index contributed by atoms with van der Waals surface area (Å²) >= 11 is 0. The summed E-state index contributed by atoms with van der Waals surface area (Å²) in [4.78, 5) is 4.67. The van der Waals surface area contributed by atoms with Crippen molar-refractivity contribution < 1.29 is 13.9 Å². The Morgan fingerprint density at radius 1 is 1.00 bits per heavy atom. The van der Waals surface area contributed by atoms with Gasteiger partial charge in [0.1, 0.15) is 11.9 Å². The zero-order valence-electron chi connectivity index (χ0n) is 18.4. The van der Waals surface area contributed by atoms with E-state index >= 15 is 0 Å². The van der Waals surface area contributed by atoms with Gasteiger partial charge in [0, 0.05) is 31.7 Å². The van der Waals surface area contributed by atoms with Crippen LogP contribution >= 0.6 is 12.4 Å². The zero-order valence-corrected chi connectivity index (χ0v) is 19.3. The second-order valence-electron chi connectivity index (χ2n) is 7.65. The van der Waals surface area contributed by atoms with Gasteiger partial charge in [0.05, 0.1) is 20.8 Å². The summed E-state index contributed by atoms with van der Waals surface area (Å²) in [6, 6.07) is 12.0. The van der Waals surface area contributed by atoms with Crippen molar-refractivity contribution in [3.63, 3.8) is 0 Å².